The minimum absolute atomic E-state index is 0.0686. The molecule has 0 aliphatic heterocycles. The van der Waals surface area contributed by atoms with E-state index >= 15 is 0 Å². The highest BCUT2D eigenvalue weighted by molar-refractivity contribution is 7.89. The maximum absolute atomic E-state index is 13.0. The molecule has 0 aliphatic rings. The Morgan fingerprint density at radius 3 is 2.36 bits per heavy atom. The molecular formula is C17H19FN2O4S. The van der Waals surface area contributed by atoms with E-state index in [0.29, 0.717) is 5.56 Å². The van der Waals surface area contributed by atoms with Crippen molar-refractivity contribution in [3.05, 3.63) is 59.4 Å². The van der Waals surface area contributed by atoms with E-state index in [0.717, 1.165) is 0 Å². The molecule has 2 aromatic rings. The summed E-state index contributed by atoms with van der Waals surface area (Å²) in [7, 11) is -1.05. The molecule has 0 saturated heterocycles. The molecule has 0 fully saturated rings. The largest absolute Gasteiger partial charge is 0.496 e. The van der Waals surface area contributed by atoms with E-state index in [2.05, 4.69) is 10.0 Å². The van der Waals surface area contributed by atoms with Crippen LogP contribution < -0.4 is 14.8 Å². The average molecular weight is 366 g/mol. The van der Waals surface area contributed by atoms with Gasteiger partial charge in [-0.1, -0.05) is 12.1 Å². The van der Waals surface area contributed by atoms with Crippen molar-refractivity contribution in [1.29, 1.82) is 0 Å². The fourth-order valence-electron chi connectivity index (χ4n) is 2.29. The number of amides is 1. The lowest BCUT2D eigenvalue weighted by atomic mass is 10.1. The van der Waals surface area contributed by atoms with E-state index in [9.17, 15) is 17.6 Å². The van der Waals surface area contributed by atoms with Crippen molar-refractivity contribution < 1.29 is 22.3 Å². The second-order valence-electron chi connectivity index (χ2n) is 5.34. The van der Waals surface area contributed by atoms with Crippen LogP contribution in [-0.4, -0.2) is 28.5 Å². The maximum atomic E-state index is 13.0. The molecule has 1 amide bonds. The molecule has 2 N–H and O–H groups in total. The summed E-state index contributed by atoms with van der Waals surface area (Å²) in [6.07, 6.45) is 0. The molecule has 0 unspecified atom stereocenters. The van der Waals surface area contributed by atoms with Gasteiger partial charge < -0.3 is 10.1 Å². The molecule has 0 saturated carbocycles. The van der Waals surface area contributed by atoms with Gasteiger partial charge in [-0.2, -0.15) is 0 Å². The Labute approximate surface area is 146 Å². The number of rotatable bonds is 6. The topological polar surface area (TPSA) is 84.5 Å². The van der Waals surface area contributed by atoms with Crippen molar-refractivity contribution in [2.24, 2.45) is 0 Å². The first-order valence-corrected chi connectivity index (χ1v) is 8.94. The lowest BCUT2D eigenvalue weighted by molar-refractivity contribution is 0.0960. The van der Waals surface area contributed by atoms with E-state index in [1.807, 2.05) is 0 Å². The molecule has 0 bridgehead atoms. The van der Waals surface area contributed by atoms with Crippen LogP contribution in [0.4, 0.5) is 4.39 Å². The molecule has 0 aliphatic carbocycles. The molecule has 0 spiro atoms. The van der Waals surface area contributed by atoms with Gasteiger partial charge in [0.15, 0.2) is 0 Å². The number of benzene rings is 2. The van der Waals surface area contributed by atoms with Gasteiger partial charge in [-0.3, -0.25) is 4.79 Å². The number of halogens is 1. The molecule has 8 heteroatoms. The standard InChI is InChI=1S/C17H19FN2O4S/c1-11(12-4-6-13(18)7-5-12)20-25(22,23)14-8-9-16(24-3)15(10-14)17(21)19-2/h4-11,20H,1-3H3,(H,19,21)/t11-/m1/s1. The van der Waals surface area contributed by atoms with Crippen LogP contribution in [0.1, 0.15) is 28.9 Å². The van der Waals surface area contributed by atoms with E-state index in [1.54, 1.807) is 6.92 Å². The molecule has 134 valence electrons. The summed E-state index contributed by atoms with van der Waals surface area (Å²) in [6.45, 7) is 1.65. The van der Waals surface area contributed by atoms with E-state index in [-0.39, 0.29) is 16.2 Å². The van der Waals surface area contributed by atoms with Crippen LogP contribution >= 0.6 is 0 Å². The zero-order chi connectivity index (χ0) is 18.6. The fourth-order valence-corrected chi connectivity index (χ4v) is 3.54. The predicted octanol–water partition coefficient (Wildman–Crippen LogP) is 2.23. The van der Waals surface area contributed by atoms with Crippen LogP contribution in [0.25, 0.3) is 0 Å². The third-order valence-corrected chi connectivity index (χ3v) is 5.19. The molecule has 25 heavy (non-hydrogen) atoms. The lowest BCUT2D eigenvalue weighted by Gasteiger charge is -2.16. The second kappa shape index (κ2) is 7.62. The number of carbonyl (C=O) groups excluding carboxylic acids is 1. The first-order valence-electron chi connectivity index (χ1n) is 7.46. The molecule has 0 radical (unpaired) electrons. The number of hydrogen-bond acceptors (Lipinski definition) is 4. The number of ether oxygens (including phenoxy) is 1. The normalized spacial score (nSPS) is 12.5. The quantitative estimate of drug-likeness (QED) is 0.821. The van der Waals surface area contributed by atoms with Crippen LogP contribution in [0.15, 0.2) is 47.4 Å². The molecular weight excluding hydrogens is 347 g/mol. The van der Waals surface area contributed by atoms with Gasteiger partial charge in [0.25, 0.3) is 5.91 Å². The van der Waals surface area contributed by atoms with Gasteiger partial charge in [0.2, 0.25) is 10.0 Å². The predicted molar refractivity (Wildman–Crippen MR) is 91.5 cm³/mol. The highest BCUT2D eigenvalue weighted by atomic mass is 32.2. The van der Waals surface area contributed by atoms with Gasteiger partial charge in [-0.05, 0) is 42.8 Å². The van der Waals surface area contributed by atoms with Crippen molar-refractivity contribution >= 4 is 15.9 Å². The van der Waals surface area contributed by atoms with Crippen LogP contribution in [-0.2, 0) is 10.0 Å². The Morgan fingerprint density at radius 2 is 1.80 bits per heavy atom. The zero-order valence-electron chi connectivity index (χ0n) is 14.0. The fraction of sp³-hybridized carbons (Fsp3) is 0.235. The molecule has 2 rings (SSSR count). The smallest absolute Gasteiger partial charge is 0.254 e. The summed E-state index contributed by atoms with van der Waals surface area (Å²) >= 11 is 0. The summed E-state index contributed by atoms with van der Waals surface area (Å²) in [5, 5.41) is 2.44. The third-order valence-electron chi connectivity index (χ3n) is 3.65. The summed E-state index contributed by atoms with van der Waals surface area (Å²) < 4.78 is 45.8. The molecule has 0 heterocycles. The SMILES string of the molecule is CNC(=O)c1cc(S(=O)(=O)N[C@H](C)c2ccc(F)cc2)ccc1OC. The minimum atomic E-state index is -3.89. The van der Waals surface area contributed by atoms with Gasteiger partial charge in [0.1, 0.15) is 11.6 Å². The first-order chi connectivity index (χ1) is 11.8. The maximum Gasteiger partial charge on any atom is 0.254 e. The number of hydrogen-bond donors (Lipinski definition) is 2. The van der Waals surface area contributed by atoms with E-state index in [1.165, 1.54) is 56.6 Å². The summed E-state index contributed by atoms with van der Waals surface area (Å²) in [5.74, 6) is -0.588. The Bertz CT molecular complexity index is 867. The van der Waals surface area contributed by atoms with Crippen molar-refractivity contribution in [3.63, 3.8) is 0 Å². The second-order valence-corrected chi connectivity index (χ2v) is 7.05. The Balaban J connectivity index is 2.32. The molecule has 2 aromatic carbocycles. The molecule has 6 nitrogen and oxygen atoms in total. The zero-order valence-corrected chi connectivity index (χ0v) is 14.9. The minimum Gasteiger partial charge on any atom is -0.496 e. The Kier molecular flexibility index (Phi) is 5.76. The van der Waals surface area contributed by atoms with Crippen molar-refractivity contribution in [2.75, 3.05) is 14.2 Å². The van der Waals surface area contributed by atoms with Crippen molar-refractivity contribution in [1.82, 2.24) is 10.0 Å². The molecule has 0 aromatic heterocycles. The average Bonchev–Trinajstić information content (AvgIpc) is 2.60. The third kappa shape index (κ3) is 4.34. The van der Waals surface area contributed by atoms with Crippen LogP contribution in [0.5, 0.6) is 5.75 Å². The monoisotopic (exact) mass is 366 g/mol. The number of sulfonamides is 1. The van der Waals surface area contributed by atoms with Gasteiger partial charge in [-0.15, -0.1) is 0 Å². The highest BCUT2D eigenvalue weighted by Gasteiger charge is 2.21. The van der Waals surface area contributed by atoms with Crippen molar-refractivity contribution in [3.8, 4) is 5.75 Å². The number of carbonyl (C=O) groups is 1. The lowest BCUT2D eigenvalue weighted by Crippen LogP contribution is -2.27. The van der Waals surface area contributed by atoms with E-state index < -0.39 is 27.8 Å². The summed E-state index contributed by atoms with van der Waals surface area (Å²) in [5.41, 5.74) is 0.729. The van der Waals surface area contributed by atoms with Gasteiger partial charge in [-0.25, -0.2) is 17.5 Å². The molecule has 1 atom stereocenters. The first kappa shape index (κ1) is 18.9. The summed E-state index contributed by atoms with van der Waals surface area (Å²) in [4.78, 5) is 11.8. The van der Waals surface area contributed by atoms with Gasteiger partial charge in [0.05, 0.1) is 17.6 Å². The highest BCUT2D eigenvalue weighted by Crippen LogP contribution is 2.24. The summed E-state index contributed by atoms with van der Waals surface area (Å²) in [6, 6.07) is 8.98. The Morgan fingerprint density at radius 1 is 1.16 bits per heavy atom. The van der Waals surface area contributed by atoms with Crippen molar-refractivity contribution in [2.45, 2.75) is 17.9 Å². The van der Waals surface area contributed by atoms with Crippen LogP contribution in [0, 0.1) is 5.82 Å². The van der Waals surface area contributed by atoms with Gasteiger partial charge in [0, 0.05) is 13.1 Å². The van der Waals surface area contributed by atoms with E-state index in [4.69, 9.17) is 4.74 Å². The van der Waals surface area contributed by atoms with Crippen LogP contribution in [0.2, 0.25) is 0 Å². The number of nitrogens with one attached hydrogen (secondary N) is 2. The number of methoxy groups -OCH3 is 1. The Hall–Kier alpha value is -2.45. The van der Waals surface area contributed by atoms with Crippen LogP contribution in [0.3, 0.4) is 0 Å². The van der Waals surface area contributed by atoms with Gasteiger partial charge >= 0.3 is 0 Å².